The van der Waals surface area contributed by atoms with E-state index in [-0.39, 0.29) is 0 Å². The number of hydrogen-bond donors (Lipinski definition) is 1. The summed E-state index contributed by atoms with van der Waals surface area (Å²) in [5.74, 6) is 0. The Hall–Kier alpha value is -0.340. The third kappa shape index (κ3) is 3.82. The lowest BCUT2D eigenvalue weighted by molar-refractivity contribution is 0.630. The summed E-state index contributed by atoms with van der Waals surface area (Å²) in [6, 6.07) is 6.99. The first-order valence-electron chi connectivity index (χ1n) is 6.75. The van der Waals surface area contributed by atoms with Crippen LogP contribution in [0.4, 0.5) is 0 Å². The summed E-state index contributed by atoms with van der Waals surface area (Å²) in [4.78, 5) is 0.662. The lowest BCUT2D eigenvalue weighted by atomic mass is 10.1. The van der Waals surface area contributed by atoms with Gasteiger partial charge in [0.25, 0.3) is 0 Å². The smallest absolute Gasteiger partial charge is 0.0205 e. The number of benzene rings is 1. The monoisotopic (exact) mass is 295 g/mol. The third-order valence-electron chi connectivity index (χ3n) is 3.57. The van der Waals surface area contributed by atoms with Crippen molar-refractivity contribution >= 4 is 15.9 Å². The fourth-order valence-electron chi connectivity index (χ4n) is 2.43. The van der Waals surface area contributed by atoms with Crippen LogP contribution in [0, 0.1) is 0 Å². The van der Waals surface area contributed by atoms with Gasteiger partial charge >= 0.3 is 0 Å². The van der Waals surface area contributed by atoms with Gasteiger partial charge in [-0.1, -0.05) is 41.1 Å². The normalized spacial score (nSPS) is 15.9. The van der Waals surface area contributed by atoms with E-state index in [9.17, 15) is 0 Å². The van der Waals surface area contributed by atoms with Crippen molar-refractivity contribution in [2.75, 3.05) is 6.54 Å². The molecule has 1 N–H and O–H groups in total. The minimum Gasteiger partial charge on any atom is -0.313 e. The Bertz CT molecular complexity index is 362. The minimum absolute atomic E-state index is 0.662. The van der Waals surface area contributed by atoms with Gasteiger partial charge in [0.1, 0.15) is 0 Å². The zero-order chi connectivity index (χ0) is 12.1. The van der Waals surface area contributed by atoms with E-state index in [1.165, 1.54) is 37.7 Å². The Balaban J connectivity index is 1.76. The van der Waals surface area contributed by atoms with Gasteiger partial charge in [0, 0.05) is 11.4 Å². The van der Waals surface area contributed by atoms with Crippen LogP contribution in [-0.4, -0.2) is 11.4 Å². The van der Waals surface area contributed by atoms with Gasteiger partial charge in [0.2, 0.25) is 0 Å². The number of aryl methyl sites for hydroxylation is 2. The molecule has 2 rings (SSSR count). The standard InChI is InChI=1S/C15H22BrN/c1-2-15(16)8-9-17-11-12-6-7-13-4-3-5-14(13)10-12/h6-7,10,15,17H,2-5,8-9,11H2,1H3. The van der Waals surface area contributed by atoms with Crippen LogP contribution in [0.15, 0.2) is 18.2 Å². The van der Waals surface area contributed by atoms with Gasteiger partial charge in [0.05, 0.1) is 0 Å². The van der Waals surface area contributed by atoms with Gasteiger partial charge in [-0.2, -0.15) is 0 Å². The molecule has 1 aliphatic rings. The number of alkyl halides is 1. The summed E-state index contributed by atoms with van der Waals surface area (Å²) in [5, 5.41) is 3.53. The van der Waals surface area contributed by atoms with E-state index in [1.54, 1.807) is 11.1 Å². The van der Waals surface area contributed by atoms with Gasteiger partial charge in [-0.25, -0.2) is 0 Å². The molecule has 2 heteroatoms. The number of fused-ring (bicyclic) bond motifs is 1. The Morgan fingerprint density at radius 1 is 1.29 bits per heavy atom. The van der Waals surface area contributed by atoms with Gasteiger partial charge in [-0.05, 0) is 55.3 Å². The fraction of sp³-hybridized carbons (Fsp3) is 0.600. The number of rotatable bonds is 6. The van der Waals surface area contributed by atoms with E-state index >= 15 is 0 Å². The van der Waals surface area contributed by atoms with Gasteiger partial charge < -0.3 is 5.32 Å². The van der Waals surface area contributed by atoms with Crippen molar-refractivity contribution in [2.45, 2.75) is 50.4 Å². The van der Waals surface area contributed by atoms with Crippen LogP contribution in [0.5, 0.6) is 0 Å². The molecule has 0 radical (unpaired) electrons. The molecular weight excluding hydrogens is 274 g/mol. The molecule has 0 spiro atoms. The third-order valence-corrected chi connectivity index (χ3v) is 4.67. The molecule has 1 atom stereocenters. The average molecular weight is 296 g/mol. The molecule has 1 aromatic rings. The van der Waals surface area contributed by atoms with Crippen LogP contribution in [0.25, 0.3) is 0 Å². The topological polar surface area (TPSA) is 12.0 Å². The summed E-state index contributed by atoms with van der Waals surface area (Å²) in [5.41, 5.74) is 4.59. The second kappa shape index (κ2) is 6.55. The zero-order valence-corrected chi connectivity index (χ0v) is 12.2. The molecule has 94 valence electrons. The van der Waals surface area contributed by atoms with Gasteiger partial charge in [0.15, 0.2) is 0 Å². The highest BCUT2D eigenvalue weighted by Crippen LogP contribution is 2.22. The maximum absolute atomic E-state index is 3.66. The van der Waals surface area contributed by atoms with Gasteiger partial charge in [-0.3, -0.25) is 0 Å². The van der Waals surface area contributed by atoms with E-state index in [1.807, 2.05) is 0 Å². The zero-order valence-electron chi connectivity index (χ0n) is 10.6. The Kier molecular flexibility index (Phi) is 5.05. The second-order valence-electron chi connectivity index (χ2n) is 4.93. The second-order valence-corrected chi connectivity index (χ2v) is 6.22. The van der Waals surface area contributed by atoms with Crippen molar-refractivity contribution < 1.29 is 0 Å². The van der Waals surface area contributed by atoms with E-state index in [0.717, 1.165) is 13.1 Å². The first-order chi connectivity index (χ1) is 8.29. The predicted octanol–water partition coefficient (Wildman–Crippen LogP) is 3.83. The molecule has 0 aliphatic heterocycles. The predicted molar refractivity (Wildman–Crippen MR) is 77.8 cm³/mol. The van der Waals surface area contributed by atoms with Crippen LogP contribution < -0.4 is 5.32 Å². The van der Waals surface area contributed by atoms with Gasteiger partial charge in [-0.15, -0.1) is 0 Å². The van der Waals surface area contributed by atoms with E-state index < -0.39 is 0 Å². The molecule has 1 aliphatic carbocycles. The first kappa shape index (κ1) is 13.1. The number of halogens is 1. The van der Waals surface area contributed by atoms with Crippen molar-refractivity contribution in [1.29, 1.82) is 0 Å². The average Bonchev–Trinajstić information content (AvgIpc) is 2.81. The quantitative estimate of drug-likeness (QED) is 0.621. The first-order valence-corrected chi connectivity index (χ1v) is 7.66. The Labute approximate surface area is 113 Å². The van der Waals surface area contributed by atoms with E-state index in [0.29, 0.717) is 4.83 Å². The van der Waals surface area contributed by atoms with Crippen molar-refractivity contribution in [1.82, 2.24) is 5.32 Å². The lowest BCUT2D eigenvalue weighted by Crippen LogP contribution is -2.17. The minimum atomic E-state index is 0.662. The molecular formula is C15H22BrN. The van der Waals surface area contributed by atoms with Crippen molar-refractivity contribution in [3.63, 3.8) is 0 Å². The van der Waals surface area contributed by atoms with Crippen LogP contribution in [0.2, 0.25) is 0 Å². The molecule has 0 fully saturated rings. The summed E-state index contributed by atoms with van der Waals surface area (Å²) in [7, 11) is 0. The van der Waals surface area contributed by atoms with E-state index in [2.05, 4.69) is 46.4 Å². The van der Waals surface area contributed by atoms with Crippen LogP contribution in [-0.2, 0) is 19.4 Å². The van der Waals surface area contributed by atoms with Crippen molar-refractivity contribution in [2.24, 2.45) is 0 Å². The summed E-state index contributed by atoms with van der Waals surface area (Å²) in [6.07, 6.45) is 6.32. The molecule has 0 heterocycles. The number of nitrogens with one attached hydrogen (secondary N) is 1. The summed E-state index contributed by atoms with van der Waals surface area (Å²) >= 11 is 3.66. The molecule has 1 aromatic carbocycles. The van der Waals surface area contributed by atoms with Crippen LogP contribution in [0.1, 0.15) is 42.9 Å². The van der Waals surface area contributed by atoms with Crippen molar-refractivity contribution in [3.8, 4) is 0 Å². The lowest BCUT2D eigenvalue weighted by Gasteiger charge is -2.09. The molecule has 0 saturated heterocycles. The molecule has 0 aromatic heterocycles. The molecule has 1 nitrogen and oxygen atoms in total. The Morgan fingerprint density at radius 3 is 2.94 bits per heavy atom. The summed E-state index contributed by atoms with van der Waals surface area (Å²) in [6.45, 7) is 4.33. The van der Waals surface area contributed by atoms with E-state index in [4.69, 9.17) is 0 Å². The maximum Gasteiger partial charge on any atom is 0.0205 e. The molecule has 0 bridgehead atoms. The van der Waals surface area contributed by atoms with Crippen molar-refractivity contribution in [3.05, 3.63) is 34.9 Å². The van der Waals surface area contributed by atoms with Crippen LogP contribution >= 0.6 is 15.9 Å². The molecule has 0 amide bonds. The fourth-order valence-corrected chi connectivity index (χ4v) is 2.66. The Morgan fingerprint density at radius 2 is 2.12 bits per heavy atom. The SMILES string of the molecule is CCC(Br)CCNCc1ccc2c(c1)CCC2. The summed E-state index contributed by atoms with van der Waals surface area (Å²) < 4.78 is 0. The molecule has 0 saturated carbocycles. The maximum atomic E-state index is 3.66. The highest BCUT2D eigenvalue weighted by Gasteiger charge is 2.10. The van der Waals surface area contributed by atoms with Crippen LogP contribution in [0.3, 0.4) is 0 Å². The highest BCUT2D eigenvalue weighted by molar-refractivity contribution is 9.09. The molecule has 1 unspecified atom stereocenters. The largest absolute Gasteiger partial charge is 0.313 e. The number of hydrogen-bond acceptors (Lipinski definition) is 1. The highest BCUT2D eigenvalue weighted by atomic mass is 79.9. The molecule has 17 heavy (non-hydrogen) atoms.